The number of anilines is 1. The number of hydrogen-bond acceptors (Lipinski definition) is 4. The van der Waals surface area contributed by atoms with Gasteiger partial charge in [-0.25, -0.2) is 9.59 Å². The highest BCUT2D eigenvalue weighted by Gasteiger charge is 2.23. The van der Waals surface area contributed by atoms with Gasteiger partial charge in [0, 0.05) is 19.6 Å². The van der Waals surface area contributed by atoms with E-state index in [9.17, 15) is 9.59 Å². The van der Waals surface area contributed by atoms with Crippen molar-refractivity contribution in [2.45, 2.75) is 19.8 Å². The first kappa shape index (κ1) is 17.9. The second-order valence-corrected chi connectivity index (χ2v) is 5.66. The number of hydrogen-bond donors (Lipinski definition) is 2. The number of carbonyl (C=O) groups excluding carboxylic acids is 2. The monoisotopic (exact) mass is 335 g/mol. The maximum atomic E-state index is 12.1. The Balaban J connectivity index is 1.75. The van der Waals surface area contributed by atoms with Crippen molar-refractivity contribution in [2.24, 2.45) is 5.92 Å². The first-order valence-electron chi connectivity index (χ1n) is 8.23. The number of benzene rings is 1. The molecule has 1 heterocycles. The molecule has 0 radical (unpaired) electrons. The molecule has 7 nitrogen and oxygen atoms in total. The van der Waals surface area contributed by atoms with Crippen LogP contribution < -0.4 is 15.4 Å². The third-order valence-corrected chi connectivity index (χ3v) is 4.03. The summed E-state index contributed by atoms with van der Waals surface area (Å²) in [5, 5.41) is 5.70. The number of carbonyl (C=O) groups is 2. The van der Waals surface area contributed by atoms with Gasteiger partial charge < -0.3 is 25.0 Å². The number of para-hydroxylation sites is 2. The second kappa shape index (κ2) is 9.00. The summed E-state index contributed by atoms with van der Waals surface area (Å²) in [6.07, 6.45) is 1.42. The molecule has 0 saturated carbocycles. The van der Waals surface area contributed by atoms with E-state index >= 15 is 0 Å². The highest BCUT2D eigenvalue weighted by Crippen LogP contribution is 2.23. The van der Waals surface area contributed by atoms with Crippen LogP contribution in [-0.2, 0) is 4.74 Å². The van der Waals surface area contributed by atoms with Crippen LogP contribution in [0.5, 0.6) is 5.75 Å². The van der Waals surface area contributed by atoms with E-state index in [1.54, 1.807) is 11.0 Å². The molecule has 2 N–H and O–H groups in total. The number of amides is 3. The summed E-state index contributed by atoms with van der Waals surface area (Å²) in [6.45, 7) is 4.34. The van der Waals surface area contributed by atoms with Gasteiger partial charge in [0.05, 0.1) is 19.4 Å². The smallest absolute Gasteiger partial charge is 0.409 e. The van der Waals surface area contributed by atoms with Crippen molar-refractivity contribution >= 4 is 17.8 Å². The third kappa shape index (κ3) is 5.04. The average Bonchev–Trinajstić information content (AvgIpc) is 2.61. The Bertz CT molecular complexity index is 557. The van der Waals surface area contributed by atoms with Crippen molar-refractivity contribution in [3.05, 3.63) is 24.3 Å². The summed E-state index contributed by atoms with van der Waals surface area (Å²) in [4.78, 5) is 25.2. The van der Waals surface area contributed by atoms with E-state index < -0.39 is 0 Å². The number of piperidine rings is 1. The zero-order chi connectivity index (χ0) is 17.4. The van der Waals surface area contributed by atoms with Gasteiger partial charge >= 0.3 is 12.1 Å². The van der Waals surface area contributed by atoms with Crippen molar-refractivity contribution in [3.8, 4) is 5.75 Å². The molecule has 0 spiro atoms. The van der Waals surface area contributed by atoms with E-state index in [-0.39, 0.29) is 12.1 Å². The fourth-order valence-electron chi connectivity index (χ4n) is 2.70. The maximum Gasteiger partial charge on any atom is 0.409 e. The van der Waals surface area contributed by atoms with Gasteiger partial charge in [-0.05, 0) is 37.8 Å². The van der Waals surface area contributed by atoms with Crippen LogP contribution >= 0.6 is 0 Å². The number of nitrogens with zero attached hydrogens (tertiary/aromatic N) is 1. The van der Waals surface area contributed by atoms with Gasteiger partial charge in [0.1, 0.15) is 5.75 Å². The molecule has 0 unspecified atom stereocenters. The minimum Gasteiger partial charge on any atom is -0.492 e. The van der Waals surface area contributed by atoms with Crippen LogP contribution in [0.3, 0.4) is 0 Å². The highest BCUT2D eigenvalue weighted by atomic mass is 16.5. The van der Waals surface area contributed by atoms with E-state index in [2.05, 4.69) is 10.6 Å². The van der Waals surface area contributed by atoms with Crippen molar-refractivity contribution in [1.82, 2.24) is 10.2 Å². The van der Waals surface area contributed by atoms with Crippen LogP contribution in [0.4, 0.5) is 15.3 Å². The number of ether oxygens (including phenoxy) is 2. The predicted molar refractivity (Wildman–Crippen MR) is 91.3 cm³/mol. The Morgan fingerprint density at radius 1 is 1.25 bits per heavy atom. The molecule has 1 aromatic rings. The van der Waals surface area contributed by atoms with Gasteiger partial charge in [-0.2, -0.15) is 0 Å². The lowest BCUT2D eigenvalue weighted by Gasteiger charge is -2.30. The average molecular weight is 335 g/mol. The van der Waals surface area contributed by atoms with E-state index in [1.807, 2.05) is 25.1 Å². The molecule has 2 rings (SSSR count). The summed E-state index contributed by atoms with van der Waals surface area (Å²) in [5.41, 5.74) is 0.650. The Morgan fingerprint density at radius 3 is 2.62 bits per heavy atom. The number of urea groups is 1. The first-order chi connectivity index (χ1) is 11.6. The van der Waals surface area contributed by atoms with Gasteiger partial charge in [0.2, 0.25) is 0 Å². The van der Waals surface area contributed by atoms with Crippen molar-refractivity contribution in [2.75, 3.05) is 38.7 Å². The molecule has 1 saturated heterocycles. The Kier molecular flexibility index (Phi) is 6.72. The van der Waals surface area contributed by atoms with E-state index in [4.69, 9.17) is 9.47 Å². The Labute approximate surface area is 142 Å². The lowest BCUT2D eigenvalue weighted by Crippen LogP contribution is -2.42. The van der Waals surface area contributed by atoms with Gasteiger partial charge in [0.15, 0.2) is 0 Å². The lowest BCUT2D eigenvalue weighted by molar-refractivity contribution is 0.106. The van der Waals surface area contributed by atoms with Gasteiger partial charge in [-0.15, -0.1) is 0 Å². The summed E-state index contributed by atoms with van der Waals surface area (Å²) in [6, 6.07) is 7.09. The number of methoxy groups -OCH3 is 1. The highest BCUT2D eigenvalue weighted by molar-refractivity contribution is 5.90. The molecular weight excluding hydrogens is 310 g/mol. The topological polar surface area (TPSA) is 79.9 Å². The quantitative estimate of drug-likeness (QED) is 0.867. The summed E-state index contributed by atoms with van der Waals surface area (Å²) >= 11 is 0. The van der Waals surface area contributed by atoms with Crippen LogP contribution in [-0.4, -0.2) is 50.4 Å². The number of rotatable bonds is 5. The first-order valence-corrected chi connectivity index (χ1v) is 8.23. The van der Waals surface area contributed by atoms with Gasteiger partial charge in [-0.3, -0.25) is 0 Å². The van der Waals surface area contributed by atoms with Crippen LogP contribution in [0.15, 0.2) is 24.3 Å². The largest absolute Gasteiger partial charge is 0.492 e. The minimum absolute atomic E-state index is 0.252. The molecule has 24 heavy (non-hydrogen) atoms. The fraction of sp³-hybridized carbons (Fsp3) is 0.529. The van der Waals surface area contributed by atoms with Crippen LogP contribution in [0, 0.1) is 5.92 Å². The molecule has 3 amide bonds. The normalized spacial score (nSPS) is 14.8. The number of likely N-dealkylation sites (tertiary alicyclic amines) is 1. The summed E-state index contributed by atoms with van der Waals surface area (Å²) in [5.74, 6) is 1.01. The molecule has 0 aromatic heterocycles. The fourth-order valence-corrected chi connectivity index (χ4v) is 2.70. The zero-order valence-electron chi connectivity index (χ0n) is 14.2. The predicted octanol–water partition coefficient (Wildman–Crippen LogP) is 2.69. The van der Waals surface area contributed by atoms with Crippen LogP contribution in [0.2, 0.25) is 0 Å². The molecule has 132 valence electrons. The van der Waals surface area contributed by atoms with E-state index in [0.29, 0.717) is 43.6 Å². The summed E-state index contributed by atoms with van der Waals surface area (Å²) < 4.78 is 10.2. The molecule has 0 bridgehead atoms. The molecular formula is C17H25N3O4. The molecule has 7 heteroatoms. The van der Waals surface area contributed by atoms with E-state index in [0.717, 1.165) is 12.8 Å². The third-order valence-electron chi connectivity index (χ3n) is 4.03. The van der Waals surface area contributed by atoms with Crippen LogP contribution in [0.25, 0.3) is 0 Å². The van der Waals surface area contributed by atoms with Crippen molar-refractivity contribution in [3.63, 3.8) is 0 Å². The molecule has 1 aliphatic heterocycles. The molecule has 1 aromatic carbocycles. The Morgan fingerprint density at radius 2 is 1.96 bits per heavy atom. The maximum absolute atomic E-state index is 12.1. The molecule has 0 aliphatic carbocycles. The standard InChI is InChI=1S/C17H25N3O4/c1-3-24-15-7-5-4-6-14(15)19-16(21)18-12-13-8-10-20(11-9-13)17(22)23-2/h4-7,13H,3,8-12H2,1-2H3,(H2,18,19,21). The SMILES string of the molecule is CCOc1ccccc1NC(=O)NCC1CCN(C(=O)OC)CC1. The lowest BCUT2D eigenvalue weighted by atomic mass is 9.97. The van der Waals surface area contributed by atoms with E-state index in [1.165, 1.54) is 7.11 Å². The minimum atomic E-state index is -0.285. The molecule has 0 atom stereocenters. The second-order valence-electron chi connectivity index (χ2n) is 5.66. The van der Waals surface area contributed by atoms with Crippen molar-refractivity contribution < 1.29 is 19.1 Å². The van der Waals surface area contributed by atoms with Gasteiger partial charge in [-0.1, -0.05) is 12.1 Å². The summed E-state index contributed by atoms with van der Waals surface area (Å²) in [7, 11) is 1.39. The Hall–Kier alpha value is -2.44. The molecule has 1 aliphatic rings. The van der Waals surface area contributed by atoms with Gasteiger partial charge in [0.25, 0.3) is 0 Å². The molecule has 1 fully saturated rings. The zero-order valence-corrected chi connectivity index (χ0v) is 14.2. The number of nitrogens with one attached hydrogen (secondary N) is 2. The van der Waals surface area contributed by atoms with Crippen LogP contribution in [0.1, 0.15) is 19.8 Å². The van der Waals surface area contributed by atoms with Crippen molar-refractivity contribution in [1.29, 1.82) is 0 Å².